The summed E-state index contributed by atoms with van der Waals surface area (Å²) in [6.45, 7) is 2.86. The van der Waals surface area contributed by atoms with Crippen molar-refractivity contribution < 1.29 is 14.3 Å². The van der Waals surface area contributed by atoms with Gasteiger partial charge in [0.25, 0.3) is 5.91 Å². The van der Waals surface area contributed by atoms with Crippen LogP contribution in [0.1, 0.15) is 30.9 Å². The molecule has 0 aliphatic heterocycles. The van der Waals surface area contributed by atoms with Gasteiger partial charge in [-0.15, -0.1) is 0 Å². The number of benzene rings is 3. The molecule has 1 N–H and O–H groups in total. The second-order valence-electron chi connectivity index (χ2n) is 8.10. The van der Waals surface area contributed by atoms with E-state index in [2.05, 4.69) is 34.8 Å². The molecule has 0 saturated carbocycles. The van der Waals surface area contributed by atoms with E-state index in [1.807, 2.05) is 84.9 Å². The number of nitrogens with one attached hydrogen (secondary N) is 1. The molecule has 0 spiro atoms. The lowest BCUT2D eigenvalue weighted by Gasteiger charge is -2.31. The van der Waals surface area contributed by atoms with Crippen LogP contribution in [0.15, 0.2) is 84.9 Å². The first-order valence-corrected chi connectivity index (χ1v) is 12.7. The topological polar surface area (TPSA) is 58.6 Å². The highest BCUT2D eigenvalue weighted by Crippen LogP contribution is 2.17. The molecule has 5 nitrogen and oxygen atoms in total. The van der Waals surface area contributed by atoms with Gasteiger partial charge in [-0.05, 0) is 64.4 Å². The molecule has 0 fully saturated rings. The average molecular weight is 570 g/mol. The maximum atomic E-state index is 13.5. The third kappa shape index (κ3) is 8.17. The molecule has 3 aromatic carbocycles. The first-order valence-electron chi connectivity index (χ1n) is 11.6. The van der Waals surface area contributed by atoms with Crippen molar-refractivity contribution in [3.8, 4) is 5.75 Å². The summed E-state index contributed by atoms with van der Waals surface area (Å²) < 4.78 is 6.89. The van der Waals surface area contributed by atoms with E-state index in [0.717, 1.165) is 27.5 Å². The van der Waals surface area contributed by atoms with Gasteiger partial charge in [0.2, 0.25) is 5.91 Å². The average Bonchev–Trinajstić information content (AvgIpc) is 2.87. The molecule has 0 aliphatic carbocycles. The molecule has 0 aliphatic rings. The van der Waals surface area contributed by atoms with Gasteiger partial charge in [-0.1, -0.05) is 74.0 Å². The minimum Gasteiger partial charge on any atom is -0.484 e. The summed E-state index contributed by atoms with van der Waals surface area (Å²) in [5, 5.41) is 3.03. The summed E-state index contributed by atoms with van der Waals surface area (Å²) in [6, 6.07) is 26.5. The predicted octanol–water partition coefficient (Wildman–Crippen LogP) is 5.23. The normalized spacial score (nSPS) is 11.5. The Labute approximate surface area is 215 Å². The van der Waals surface area contributed by atoms with Crippen molar-refractivity contribution >= 4 is 34.4 Å². The van der Waals surface area contributed by atoms with Gasteiger partial charge in [-0.3, -0.25) is 9.59 Å². The number of rotatable bonds is 12. The quantitative estimate of drug-likeness (QED) is 0.240. The lowest BCUT2D eigenvalue weighted by atomic mass is 10.0. The lowest BCUT2D eigenvalue weighted by molar-refractivity contribution is -0.142. The molecule has 0 aromatic heterocycles. The van der Waals surface area contributed by atoms with Crippen molar-refractivity contribution in [2.24, 2.45) is 0 Å². The van der Waals surface area contributed by atoms with Crippen molar-refractivity contribution in [1.29, 1.82) is 0 Å². The van der Waals surface area contributed by atoms with E-state index in [0.29, 0.717) is 25.3 Å². The predicted molar refractivity (Wildman–Crippen MR) is 143 cm³/mol. The minimum atomic E-state index is -0.646. The van der Waals surface area contributed by atoms with Crippen LogP contribution in [0.3, 0.4) is 0 Å². The fourth-order valence-corrected chi connectivity index (χ4v) is 3.96. The maximum Gasteiger partial charge on any atom is 0.261 e. The van der Waals surface area contributed by atoms with E-state index >= 15 is 0 Å². The molecule has 34 heavy (non-hydrogen) atoms. The smallest absolute Gasteiger partial charge is 0.261 e. The molecule has 0 heterocycles. The number of ether oxygens (including phenoxy) is 1. The van der Waals surface area contributed by atoms with Crippen LogP contribution in [0.4, 0.5) is 0 Å². The highest BCUT2D eigenvalue weighted by molar-refractivity contribution is 14.1. The Kier molecular flexibility index (Phi) is 10.4. The fraction of sp³-hybridized carbons (Fsp3) is 0.286. The van der Waals surface area contributed by atoms with Crippen LogP contribution in [0.25, 0.3) is 0 Å². The summed E-state index contributed by atoms with van der Waals surface area (Å²) in [7, 11) is 0. The number of unbranched alkanes of at least 4 members (excludes halogenated alkanes) is 1. The van der Waals surface area contributed by atoms with E-state index in [4.69, 9.17) is 4.74 Å². The Morgan fingerprint density at radius 3 is 2.15 bits per heavy atom. The van der Waals surface area contributed by atoms with E-state index in [9.17, 15) is 9.59 Å². The lowest BCUT2D eigenvalue weighted by Crippen LogP contribution is -2.51. The van der Waals surface area contributed by atoms with Crippen LogP contribution < -0.4 is 10.1 Å². The summed E-state index contributed by atoms with van der Waals surface area (Å²) >= 11 is 2.23. The molecule has 1 atom stereocenters. The van der Waals surface area contributed by atoms with Gasteiger partial charge in [0.05, 0.1) is 0 Å². The van der Waals surface area contributed by atoms with Crippen LogP contribution in [-0.4, -0.2) is 35.9 Å². The summed E-state index contributed by atoms with van der Waals surface area (Å²) in [5.74, 6) is 0.255. The number of carbonyl (C=O) groups is 2. The highest BCUT2D eigenvalue weighted by atomic mass is 127. The number of nitrogens with zero attached hydrogens (tertiary/aromatic N) is 1. The molecule has 6 heteroatoms. The van der Waals surface area contributed by atoms with E-state index in [1.54, 1.807) is 4.90 Å². The second-order valence-corrected chi connectivity index (χ2v) is 9.35. The summed E-state index contributed by atoms with van der Waals surface area (Å²) in [4.78, 5) is 28.4. The molecule has 0 saturated heterocycles. The molecular formula is C28H31IN2O3. The van der Waals surface area contributed by atoms with Gasteiger partial charge >= 0.3 is 0 Å². The SMILES string of the molecule is CCCCNC(=O)[C@@H](Cc1ccccc1)N(Cc1ccccc1)C(=O)COc1ccc(I)cc1. The van der Waals surface area contributed by atoms with E-state index < -0.39 is 6.04 Å². The minimum absolute atomic E-state index is 0.138. The summed E-state index contributed by atoms with van der Waals surface area (Å²) in [6.07, 6.45) is 2.31. The van der Waals surface area contributed by atoms with Gasteiger partial charge in [0.1, 0.15) is 11.8 Å². The van der Waals surface area contributed by atoms with Crippen molar-refractivity contribution in [2.75, 3.05) is 13.2 Å². The Bertz CT molecular complexity index is 1030. The molecule has 0 radical (unpaired) electrons. The Balaban J connectivity index is 1.85. The van der Waals surface area contributed by atoms with Crippen LogP contribution in [-0.2, 0) is 22.6 Å². The number of carbonyl (C=O) groups excluding carboxylic acids is 2. The van der Waals surface area contributed by atoms with Crippen LogP contribution in [0, 0.1) is 3.57 Å². The second kappa shape index (κ2) is 13.7. The van der Waals surface area contributed by atoms with Crippen molar-refractivity contribution in [3.63, 3.8) is 0 Å². The number of halogens is 1. The molecule has 3 aromatic rings. The zero-order valence-corrected chi connectivity index (χ0v) is 21.6. The van der Waals surface area contributed by atoms with Crippen LogP contribution >= 0.6 is 22.6 Å². The zero-order valence-electron chi connectivity index (χ0n) is 19.5. The molecular weight excluding hydrogens is 539 g/mol. The van der Waals surface area contributed by atoms with Crippen molar-refractivity contribution in [3.05, 3.63) is 99.6 Å². The highest BCUT2D eigenvalue weighted by Gasteiger charge is 2.30. The summed E-state index contributed by atoms with van der Waals surface area (Å²) in [5.41, 5.74) is 1.96. The molecule has 3 rings (SSSR count). The first kappa shape index (κ1) is 25.7. The Morgan fingerprint density at radius 2 is 1.53 bits per heavy atom. The van der Waals surface area contributed by atoms with Crippen LogP contribution in [0.2, 0.25) is 0 Å². The van der Waals surface area contributed by atoms with Crippen molar-refractivity contribution in [1.82, 2.24) is 10.2 Å². The molecule has 178 valence electrons. The van der Waals surface area contributed by atoms with Crippen molar-refractivity contribution in [2.45, 2.75) is 38.8 Å². The van der Waals surface area contributed by atoms with Crippen LogP contribution in [0.5, 0.6) is 5.75 Å². The van der Waals surface area contributed by atoms with E-state index in [1.165, 1.54) is 0 Å². The fourth-order valence-electron chi connectivity index (χ4n) is 3.60. The van der Waals surface area contributed by atoms with Gasteiger partial charge in [-0.2, -0.15) is 0 Å². The monoisotopic (exact) mass is 570 g/mol. The Hall–Kier alpha value is -2.87. The van der Waals surface area contributed by atoms with Gasteiger partial charge in [0.15, 0.2) is 6.61 Å². The number of hydrogen-bond donors (Lipinski definition) is 1. The van der Waals surface area contributed by atoms with E-state index in [-0.39, 0.29) is 18.4 Å². The van der Waals surface area contributed by atoms with Gasteiger partial charge < -0.3 is 15.0 Å². The number of amides is 2. The molecule has 2 amide bonds. The van der Waals surface area contributed by atoms with Gasteiger partial charge in [-0.25, -0.2) is 0 Å². The largest absolute Gasteiger partial charge is 0.484 e. The maximum absolute atomic E-state index is 13.5. The van der Waals surface area contributed by atoms with Gasteiger partial charge in [0, 0.05) is 23.1 Å². The molecule has 0 unspecified atom stereocenters. The zero-order chi connectivity index (χ0) is 24.2. The Morgan fingerprint density at radius 1 is 0.912 bits per heavy atom. The third-order valence-corrected chi connectivity index (χ3v) is 6.19. The first-order chi connectivity index (χ1) is 16.6. The standard InChI is InChI=1S/C28H31IN2O3/c1-2-3-18-30-28(33)26(19-22-10-6-4-7-11-22)31(20-23-12-8-5-9-13-23)27(32)21-34-25-16-14-24(29)15-17-25/h4-17,26H,2-3,18-21H2,1H3,(H,30,33)/t26-/m1/s1. The number of hydrogen-bond acceptors (Lipinski definition) is 3. The third-order valence-electron chi connectivity index (χ3n) is 5.47. The molecule has 0 bridgehead atoms.